The van der Waals surface area contributed by atoms with E-state index in [4.69, 9.17) is 0 Å². The standard InChI is InChI=1S/C12H28P.BrH/c1-5-9-13(10-6-2,11-7-3)12-8-4;/h5-12H2,1-4H3;1H/q+1;/p-1. The molecule has 0 aliphatic heterocycles. The molecule has 0 aromatic rings. The molecule has 0 bridgehead atoms. The minimum atomic E-state index is -0.496. The van der Waals surface area contributed by atoms with Crippen LogP contribution in [0.2, 0.25) is 0 Å². The van der Waals surface area contributed by atoms with Crippen molar-refractivity contribution in [2.45, 2.75) is 53.4 Å². The summed E-state index contributed by atoms with van der Waals surface area (Å²) in [7, 11) is -0.496. The first-order chi connectivity index (χ1) is 6.24. The number of halogens is 1. The molecule has 0 aliphatic rings. The third-order valence-electron chi connectivity index (χ3n) is 2.79. The van der Waals surface area contributed by atoms with Gasteiger partial charge in [0.05, 0.1) is 24.6 Å². The fourth-order valence-electron chi connectivity index (χ4n) is 2.57. The number of rotatable bonds is 8. The molecule has 0 saturated heterocycles. The summed E-state index contributed by atoms with van der Waals surface area (Å²) >= 11 is 0. The fraction of sp³-hybridized carbons (Fsp3) is 1.00. The van der Waals surface area contributed by atoms with Gasteiger partial charge in [-0.05, 0) is 25.7 Å². The van der Waals surface area contributed by atoms with Crippen LogP contribution in [0, 0.1) is 0 Å². The Morgan fingerprint density at radius 3 is 0.929 bits per heavy atom. The van der Waals surface area contributed by atoms with E-state index in [-0.39, 0.29) is 17.0 Å². The second kappa shape index (κ2) is 10.4. The van der Waals surface area contributed by atoms with Gasteiger partial charge in [-0.1, -0.05) is 27.7 Å². The van der Waals surface area contributed by atoms with Crippen molar-refractivity contribution in [3.8, 4) is 0 Å². The van der Waals surface area contributed by atoms with E-state index in [1.807, 2.05) is 0 Å². The van der Waals surface area contributed by atoms with Gasteiger partial charge < -0.3 is 17.0 Å². The van der Waals surface area contributed by atoms with Gasteiger partial charge in [0.25, 0.3) is 0 Å². The Morgan fingerprint density at radius 2 is 0.786 bits per heavy atom. The topological polar surface area (TPSA) is 0 Å². The van der Waals surface area contributed by atoms with E-state index in [1.54, 1.807) is 24.6 Å². The minimum Gasteiger partial charge on any atom is -1.00 e. The molecule has 0 aromatic carbocycles. The maximum Gasteiger partial charge on any atom is 0.0591 e. The van der Waals surface area contributed by atoms with Crippen LogP contribution in [-0.4, -0.2) is 24.6 Å². The first kappa shape index (κ1) is 17.3. The summed E-state index contributed by atoms with van der Waals surface area (Å²) in [5.41, 5.74) is 0. The van der Waals surface area contributed by atoms with Crippen LogP contribution in [0.1, 0.15) is 53.4 Å². The summed E-state index contributed by atoms with van der Waals surface area (Å²) in [5.74, 6) is 0. The molecule has 2 heteroatoms. The molecule has 0 N–H and O–H groups in total. The molecule has 0 rings (SSSR count). The molecule has 0 heterocycles. The minimum absolute atomic E-state index is 0. The lowest BCUT2D eigenvalue weighted by Crippen LogP contribution is -3.00. The Labute approximate surface area is 102 Å². The van der Waals surface area contributed by atoms with Crippen molar-refractivity contribution in [2.24, 2.45) is 0 Å². The maximum atomic E-state index is 2.36. The number of hydrogen-bond acceptors (Lipinski definition) is 0. The molecule has 0 fully saturated rings. The highest BCUT2D eigenvalue weighted by Gasteiger charge is 2.32. The van der Waals surface area contributed by atoms with Crippen LogP contribution < -0.4 is 17.0 Å². The quantitative estimate of drug-likeness (QED) is 0.594. The summed E-state index contributed by atoms with van der Waals surface area (Å²) in [6.45, 7) is 9.43. The van der Waals surface area contributed by atoms with E-state index in [2.05, 4.69) is 27.7 Å². The highest BCUT2D eigenvalue weighted by Crippen LogP contribution is 2.60. The summed E-state index contributed by atoms with van der Waals surface area (Å²) in [6.07, 6.45) is 11.9. The van der Waals surface area contributed by atoms with Crippen LogP contribution in [0.3, 0.4) is 0 Å². The first-order valence-corrected chi connectivity index (χ1v) is 8.62. The van der Waals surface area contributed by atoms with Crippen molar-refractivity contribution >= 4 is 7.26 Å². The Morgan fingerprint density at radius 1 is 0.571 bits per heavy atom. The summed E-state index contributed by atoms with van der Waals surface area (Å²) < 4.78 is 0. The zero-order valence-electron chi connectivity index (χ0n) is 10.5. The van der Waals surface area contributed by atoms with Gasteiger partial charge >= 0.3 is 0 Å². The Hall–Kier alpha value is 0.910. The molecule has 0 saturated carbocycles. The maximum absolute atomic E-state index is 2.36. The summed E-state index contributed by atoms with van der Waals surface area (Å²) in [4.78, 5) is 0. The Balaban J connectivity index is 0. The van der Waals surface area contributed by atoms with E-state index in [0.29, 0.717) is 0 Å². The lowest BCUT2D eigenvalue weighted by molar-refractivity contribution is -0.00000318. The molecule has 0 spiro atoms. The van der Waals surface area contributed by atoms with Crippen LogP contribution in [0.4, 0.5) is 0 Å². The second-order valence-corrected chi connectivity index (χ2v) is 8.71. The molecule has 0 atom stereocenters. The van der Waals surface area contributed by atoms with E-state index >= 15 is 0 Å². The molecule has 14 heavy (non-hydrogen) atoms. The Bertz CT molecular complexity index is 85.4. The predicted molar refractivity (Wildman–Crippen MR) is 67.6 cm³/mol. The molecular weight excluding hydrogens is 255 g/mol. The highest BCUT2D eigenvalue weighted by atomic mass is 79.9. The monoisotopic (exact) mass is 282 g/mol. The van der Waals surface area contributed by atoms with Gasteiger partial charge in [-0.3, -0.25) is 0 Å². The third kappa shape index (κ3) is 6.40. The smallest absolute Gasteiger partial charge is 0.0591 e. The molecule has 0 nitrogen and oxygen atoms in total. The van der Waals surface area contributed by atoms with Gasteiger partial charge in [-0.25, -0.2) is 0 Å². The third-order valence-corrected chi connectivity index (χ3v) is 8.38. The van der Waals surface area contributed by atoms with Gasteiger partial charge in [0.15, 0.2) is 0 Å². The van der Waals surface area contributed by atoms with Crippen molar-refractivity contribution < 1.29 is 17.0 Å². The molecule has 88 valence electrons. The average Bonchev–Trinajstić information content (AvgIpc) is 2.06. The SMILES string of the molecule is CCC[P+](CCC)(CCC)CCC.[Br-]. The normalized spacial score (nSPS) is 11.1. The molecule has 0 amide bonds. The average molecular weight is 283 g/mol. The van der Waals surface area contributed by atoms with Crippen molar-refractivity contribution in [1.29, 1.82) is 0 Å². The number of hydrogen-bond donors (Lipinski definition) is 0. The second-order valence-electron chi connectivity index (χ2n) is 4.24. The van der Waals surface area contributed by atoms with Crippen molar-refractivity contribution in [3.63, 3.8) is 0 Å². The molecule has 0 radical (unpaired) electrons. The van der Waals surface area contributed by atoms with Crippen LogP contribution in [0.25, 0.3) is 0 Å². The largest absolute Gasteiger partial charge is 1.00 e. The highest BCUT2D eigenvalue weighted by molar-refractivity contribution is 7.75. The van der Waals surface area contributed by atoms with Gasteiger partial charge in [0.1, 0.15) is 0 Å². The molecular formula is C12H28BrP. The first-order valence-electron chi connectivity index (χ1n) is 6.09. The predicted octanol–water partition coefficient (Wildman–Crippen LogP) is 1.65. The van der Waals surface area contributed by atoms with Crippen molar-refractivity contribution in [3.05, 3.63) is 0 Å². The van der Waals surface area contributed by atoms with Crippen molar-refractivity contribution in [2.75, 3.05) is 24.6 Å². The van der Waals surface area contributed by atoms with E-state index in [1.165, 1.54) is 25.7 Å². The molecule has 0 unspecified atom stereocenters. The van der Waals surface area contributed by atoms with Crippen LogP contribution >= 0.6 is 7.26 Å². The van der Waals surface area contributed by atoms with Crippen LogP contribution in [-0.2, 0) is 0 Å². The van der Waals surface area contributed by atoms with Gasteiger partial charge in [0.2, 0.25) is 0 Å². The molecule has 0 aromatic heterocycles. The van der Waals surface area contributed by atoms with E-state index in [0.717, 1.165) is 0 Å². The zero-order chi connectivity index (χ0) is 10.2. The van der Waals surface area contributed by atoms with Gasteiger partial charge in [0, 0.05) is 7.26 Å². The Kier molecular flexibility index (Phi) is 12.9. The summed E-state index contributed by atoms with van der Waals surface area (Å²) in [5, 5.41) is 0. The van der Waals surface area contributed by atoms with E-state index < -0.39 is 7.26 Å². The van der Waals surface area contributed by atoms with E-state index in [9.17, 15) is 0 Å². The van der Waals surface area contributed by atoms with Crippen molar-refractivity contribution in [1.82, 2.24) is 0 Å². The summed E-state index contributed by atoms with van der Waals surface area (Å²) in [6, 6.07) is 0. The lowest BCUT2D eigenvalue weighted by Gasteiger charge is -2.26. The van der Waals surface area contributed by atoms with Crippen LogP contribution in [0.15, 0.2) is 0 Å². The van der Waals surface area contributed by atoms with Gasteiger partial charge in [-0.2, -0.15) is 0 Å². The van der Waals surface area contributed by atoms with Crippen LogP contribution in [0.5, 0.6) is 0 Å². The zero-order valence-corrected chi connectivity index (χ0v) is 13.0. The molecule has 0 aliphatic carbocycles. The fourth-order valence-corrected chi connectivity index (χ4v) is 7.70. The van der Waals surface area contributed by atoms with Gasteiger partial charge in [-0.15, -0.1) is 0 Å². The lowest BCUT2D eigenvalue weighted by atomic mass is 10.5.